The number of hydrogen-bond acceptors (Lipinski definition) is 5. The molecule has 10 heteroatoms. The second-order valence-corrected chi connectivity index (χ2v) is 5.34. The highest BCUT2D eigenvalue weighted by atomic mass is 35.5. The molecular weight excluding hydrogens is 389 g/mol. The van der Waals surface area contributed by atoms with Crippen molar-refractivity contribution in [2.45, 2.75) is 0 Å². The van der Waals surface area contributed by atoms with Gasteiger partial charge in [0.1, 0.15) is 28.8 Å². The standard InChI is InChI=1S/C17H17N7O.2ClH/c1-25-15-6-5-12(17(20)21)8-14(15)24-9-13(22-23-24)10-3-2-4-11(7-10)16(18)19;;/h2-9H,1H3,(H3,18,19)(H3,20,21);2*1H. The van der Waals surface area contributed by atoms with Gasteiger partial charge in [0.2, 0.25) is 0 Å². The Morgan fingerprint density at radius 2 is 1.67 bits per heavy atom. The number of halogens is 2. The van der Waals surface area contributed by atoms with Crippen molar-refractivity contribution >= 4 is 36.5 Å². The lowest BCUT2D eigenvalue weighted by Gasteiger charge is -2.09. The second-order valence-electron chi connectivity index (χ2n) is 5.34. The zero-order valence-electron chi connectivity index (χ0n) is 14.3. The molecule has 142 valence electrons. The minimum atomic E-state index is -0.0431. The number of nitrogens with zero attached hydrogens (tertiary/aromatic N) is 3. The summed E-state index contributed by atoms with van der Waals surface area (Å²) in [6, 6.07) is 12.4. The molecule has 2 aromatic carbocycles. The molecule has 1 aromatic heterocycles. The number of aromatic nitrogens is 3. The molecule has 1 heterocycles. The van der Waals surface area contributed by atoms with E-state index >= 15 is 0 Å². The highest BCUT2D eigenvalue weighted by Gasteiger charge is 2.12. The SMILES string of the molecule is COc1ccc(C(=N)N)cc1-n1cc(-c2cccc(C(=N)N)c2)nn1.Cl.Cl. The highest BCUT2D eigenvalue weighted by molar-refractivity contribution is 5.96. The van der Waals surface area contributed by atoms with E-state index in [0.29, 0.717) is 28.3 Å². The van der Waals surface area contributed by atoms with Gasteiger partial charge < -0.3 is 16.2 Å². The van der Waals surface area contributed by atoms with E-state index in [4.69, 9.17) is 27.0 Å². The first-order valence-electron chi connectivity index (χ1n) is 7.39. The molecule has 0 saturated carbocycles. The summed E-state index contributed by atoms with van der Waals surface area (Å²) in [6.07, 6.45) is 1.74. The number of ether oxygens (including phenoxy) is 1. The fraction of sp³-hybridized carbons (Fsp3) is 0.0588. The number of amidine groups is 2. The summed E-state index contributed by atoms with van der Waals surface area (Å²) in [4.78, 5) is 0. The number of hydrogen-bond donors (Lipinski definition) is 4. The summed E-state index contributed by atoms with van der Waals surface area (Å²) >= 11 is 0. The van der Waals surface area contributed by atoms with E-state index in [0.717, 1.165) is 5.56 Å². The smallest absolute Gasteiger partial charge is 0.144 e. The maximum absolute atomic E-state index is 7.59. The average molecular weight is 408 g/mol. The van der Waals surface area contributed by atoms with Gasteiger partial charge in [-0.25, -0.2) is 4.68 Å². The van der Waals surface area contributed by atoms with E-state index in [1.165, 1.54) is 0 Å². The van der Waals surface area contributed by atoms with E-state index in [-0.39, 0.29) is 36.5 Å². The molecule has 0 unspecified atom stereocenters. The maximum atomic E-state index is 7.59. The van der Waals surface area contributed by atoms with Crippen molar-refractivity contribution in [1.82, 2.24) is 15.0 Å². The van der Waals surface area contributed by atoms with Crippen LogP contribution < -0.4 is 16.2 Å². The number of rotatable bonds is 5. The van der Waals surface area contributed by atoms with Crippen molar-refractivity contribution in [3.05, 3.63) is 59.8 Å². The minimum Gasteiger partial charge on any atom is -0.494 e. The van der Waals surface area contributed by atoms with Gasteiger partial charge in [0.15, 0.2) is 0 Å². The molecule has 3 aromatic rings. The minimum absolute atomic E-state index is 0. The molecule has 0 atom stereocenters. The van der Waals surface area contributed by atoms with Gasteiger partial charge >= 0.3 is 0 Å². The van der Waals surface area contributed by atoms with Gasteiger partial charge in [-0.15, -0.1) is 29.9 Å². The molecule has 0 fully saturated rings. The van der Waals surface area contributed by atoms with Crippen LogP contribution in [-0.4, -0.2) is 33.8 Å². The molecule has 0 saturated heterocycles. The van der Waals surface area contributed by atoms with Crippen LogP contribution >= 0.6 is 24.8 Å². The largest absolute Gasteiger partial charge is 0.494 e. The number of methoxy groups -OCH3 is 1. The van der Waals surface area contributed by atoms with Crippen LogP contribution in [0.5, 0.6) is 5.75 Å². The number of nitrogens with two attached hydrogens (primary N) is 2. The molecule has 0 aliphatic rings. The van der Waals surface area contributed by atoms with Crippen LogP contribution in [0.15, 0.2) is 48.7 Å². The Morgan fingerprint density at radius 3 is 2.30 bits per heavy atom. The van der Waals surface area contributed by atoms with Crippen molar-refractivity contribution in [2.24, 2.45) is 11.5 Å². The highest BCUT2D eigenvalue weighted by Crippen LogP contribution is 2.25. The normalized spacial score (nSPS) is 9.67. The van der Waals surface area contributed by atoms with Crippen LogP contribution in [0.3, 0.4) is 0 Å². The van der Waals surface area contributed by atoms with Gasteiger partial charge in [-0.1, -0.05) is 23.4 Å². The van der Waals surface area contributed by atoms with Crippen LogP contribution in [0.2, 0.25) is 0 Å². The van der Waals surface area contributed by atoms with Gasteiger partial charge in [0.05, 0.1) is 13.3 Å². The third kappa shape index (κ3) is 4.55. The zero-order chi connectivity index (χ0) is 18.0. The first-order valence-corrected chi connectivity index (χ1v) is 7.39. The molecule has 6 N–H and O–H groups in total. The Labute approximate surface area is 168 Å². The Balaban J connectivity index is 0.00000182. The fourth-order valence-corrected chi connectivity index (χ4v) is 2.40. The van der Waals surface area contributed by atoms with E-state index in [9.17, 15) is 0 Å². The second kappa shape index (κ2) is 9.02. The number of nitrogen functional groups attached to an aromatic ring is 2. The topological polar surface area (TPSA) is 140 Å². The van der Waals surface area contributed by atoms with E-state index < -0.39 is 0 Å². The summed E-state index contributed by atoms with van der Waals surface area (Å²) < 4.78 is 6.91. The summed E-state index contributed by atoms with van der Waals surface area (Å²) in [5.41, 5.74) is 14.3. The van der Waals surface area contributed by atoms with Crippen LogP contribution in [0.25, 0.3) is 16.9 Å². The van der Waals surface area contributed by atoms with Crippen LogP contribution in [-0.2, 0) is 0 Å². The first kappa shape index (κ1) is 21.9. The molecule has 0 aliphatic carbocycles. The lowest BCUT2D eigenvalue weighted by molar-refractivity contribution is 0.411. The van der Waals surface area contributed by atoms with Gasteiger partial charge in [-0.05, 0) is 24.3 Å². The molecule has 8 nitrogen and oxygen atoms in total. The fourth-order valence-electron chi connectivity index (χ4n) is 2.40. The van der Waals surface area contributed by atoms with E-state index in [1.807, 2.05) is 12.1 Å². The number of benzene rings is 2. The monoisotopic (exact) mass is 407 g/mol. The number of nitrogens with one attached hydrogen (secondary N) is 2. The predicted molar refractivity (Wildman–Crippen MR) is 110 cm³/mol. The van der Waals surface area contributed by atoms with E-state index in [2.05, 4.69) is 10.3 Å². The van der Waals surface area contributed by atoms with Crippen molar-refractivity contribution in [2.75, 3.05) is 7.11 Å². The van der Waals surface area contributed by atoms with Crippen LogP contribution in [0.1, 0.15) is 11.1 Å². The van der Waals surface area contributed by atoms with Crippen LogP contribution in [0.4, 0.5) is 0 Å². The maximum Gasteiger partial charge on any atom is 0.144 e. The zero-order valence-corrected chi connectivity index (χ0v) is 16.0. The quantitative estimate of drug-likeness (QED) is 0.379. The lowest BCUT2D eigenvalue weighted by atomic mass is 10.1. The lowest BCUT2D eigenvalue weighted by Crippen LogP contribution is -2.12. The average Bonchev–Trinajstić information content (AvgIpc) is 3.11. The molecular formula is C17H19Cl2N7O. The summed E-state index contributed by atoms with van der Waals surface area (Å²) in [6.45, 7) is 0. The van der Waals surface area contributed by atoms with Crippen molar-refractivity contribution in [3.8, 4) is 22.7 Å². The Hall–Kier alpha value is -3.10. The first-order chi connectivity index (χ1) is 12.0. The summed E-state index contributed by atoms with van der Waals surface area (Å²) in [7, 11) is 1.56. The van der Waals surface area contributed by atoms with Crippen molar-refractivity contribution < 1.29 is 4.74 Å². The van der Waals surface area contributed by atoms with Gasteiger partial charge in [0.25, 0.3) is 0 Å². The van der Waals surface area contributed by atoms with Crippen molar-refractivity contribution in [3.63, 3.8) is 0 Å². The Morgan fingerprint density at radius 1 is 1.00 bits per heavy atom. The molecule has 0 radical (unpaired) electrons. The summed E-state index contributed by atoms with van der Waals surface area (Å²) in [5.74, 6) is 0.530. The van der Waals surface area contributed by atoms with Crippen LogP contribution in [0, 0.1) is 10.8 Å². The Kier molecular flexibility index (Phi) is 7.33. The van der Waals surface area contributed by atoms with E-state index in [1.54, 1.807) is 48.3 Å². The molecule has 27 heavy (non-hydrogen) atoms. The molecule has 0 amide bonds. The predicted octanol–water partition coefficient (Wildman–Crippen LogP) is 2.35. The molecule has 3 rings (SSSR count). The van der Waals surface area contributed by atoms with Gasteiger partial charge in [-0.3, -0.25) is 10.8 Å². The third-order valence-corrected chi connectivity index (χ3v) is 3.70. The third-order valence-electron chi connectivity index (χ3n) is 3.70. The summed E-state index contributed by atoms with van der Waals surface area (Å²) in [5, 5.41) is 23.4. The molecule has 0 spiro atoms. The molecule has 0 aliphatic heterocycles. The molecule has 0 bridgehead atoms. The van der Waals surface area contributed by atoms with Crippen molar-refractivity contribution in [1.29, 1.82) is 10.8 Å². The Bertz CT molecular complexity index is 971. The van der Waals surface area contributed by atoms with Gasteiger partial charge in [-0.2, -0.15) is 0 Å². The van der Waals surface area contributed by atoms with Gasteiger partial charge in [0, 0.05) is 16.7 Å².